The molecule has 6 N–H and O–H groups in total. The minimum atomic E-state index is -1.47. The Kier molecular flexibility index (Phi) is 8.25. The van der Waals surface area contributed by atoms with Gasteiger partial charge in [-0.15, -0.1) is 0 Å². The maximum absolute atomic E-state index is 13.2. The summed E-state index contributed by atoms with van der Waals surface area (Å²) < 4.78 is 16.9. The number of carboxylic acids is 1. The van der Waals surface area contributed by atoms with Gasteiger partial charge in [-0.2, -0.15) is 0 Å². The lowest BCUT2D eigenvalue weighted by molar-refractivity contribution is -0.168. The van der Waals surface area contributed by atoms with E-state index in [0.717, 1.165) is 12.5 Å². The van der Waals surface area contributed by atoms with Gasteiger partial charge in [0, 0.05) is 30.9 Å². The van der Waals surface area contributed by atoms with Gasteiger partial charge in [-0.05, 0) is 51.1 Å². The van der Waals surface area contributed by atoms with Crippen molar-refractivity contribution in [2.24, 2.45) is 11.7 Å². The van der Waals surface area contributed by atoms with Crippen LogP contribution in [0.25, 0.3) is 0 Å². The first kappa shape index (κ1) is 29.5. The summed E-state index contributed by atoms with van der Waals surface area (Å²) in [6.45, 7) is 3.11. The lowest BCUT2D eigenvalue weighted by Gasteiger charge is -2.56. The van der Waals surface area contributed by atoms with Crippen molar-refractivity contribution in [1.82, 2.24) is 5.32 Å². The van der Waals surface area contributed by atoms with E-state index in [2.05, 4.69) is 5.32 Å². The Morgan fingerprint density at radius 2 is 1.98 bits per heavy atom. The average molecular weight is 561 g/mol. The number of phenolic OH excluding ortho intramolecular Hbond substituents is 1. The number of aliphatic carboxylic acids is 1. The number of rotatable bonds is 12. The predicted molar refractivity (Wildman–Crippen MR) is 139 cm³/mol. The third-order valence-corrected chi connectivity index (χ3v) is 8.42. The van der Waals surface area contributed by atoms with E-state index >= 15 is 0 Å². The van der Waals surface area contributed by atoms with E-state index < -0.39 is 53.5 Å². The molecule has 0 saturated carbocycles. The van der Waals surface area contributed by atoms with Crippen LogP contribution in [0.4, 0.5) is 0 Å². The number of carbonyl (C=O) groups is 4. The van der Waals surface area contributed by atoms with Crippen LogP contribution in [0.3, 0.4) is 0 Å². The number of carboxylic acid groups (broad SMARTS) is 1. The third-order valence-electron chi connectivity index (χ3n) is 8.42. The molecule has 12 nitrogen and oxygen atoms in total. The van der Waals surface area contributed by atoms with Crippen LogP contribution in [0.15, 0.2) is 24.0 Å². The normalized spacial score (nSPS) is 27.5. The first-order chi connectivity index (χ1) is 18.9. The number of aromatic hydroxyl groups is 1. The number of aliphatic hydroxyl groups is 1. The third kappa shape index (κ3) is 4.73. The number of ether oxygens (including phenoxy) is 3. The molecule has 218 valence electrons. The summed E-state index contributed by atoms with van der Waals surface area (Å²) >= 11 is 0. The van der Waals surface area contributed by atoms with E-state index in [1.807, 2.05) is 6.92 Å². The molecule has 0 aromatic heterocycles. The fourth-order valence-corrected chi connectivity index (χ4v) is 6.45. The van der Waals surface area contributed by atoms with Gasteiger partial charge >= 0.3 is 17.9 Å². The molecule has 0 spiro atoms. The van der Waals surface area contributed by atoms with E-state index in [-0.39, 0.29) is 54.9 Å². The first-order valence-corrected chi connectivity index (χ1v) is 13.4. The minimum Gasteiger partial charge on any atom is -0.504 e. The van der Waals surface area contributed by atoms with Crippen LogP contribution >= 0.6 is 0 Å². The number of Topliss-reactive ketones (excluding diaryl/α,β-unsaturated/α-hetero) is 1. The second-order valence-electron chi connectivity index (χ2n) is 10.6. The van der Waals surface area contributed by atoms with Crippen LogP contribution < -0.4 is 15.8 Å². The Morgan fingerprint density at radius 3 is 2.60 bits per heavy atom. The van der Waals surface area contributed by atoms with Gasteiger partial charge in [0.05, 0.1) is 23.4 Å². The Balaban J connectivity index is 1.62. The fraction of sp³-hybridized carbons (Fsp3) is 0.571. The van der Waals surface area contributed by atoms with E-state index in [0.29, 0.717) is 18.4 Å². The van der Waals surface area contributed by atoms with Crippen molar-refractivity contribution in [2.75, 3.05) is 13.6 Å². The summed E-state index contributed by atoms with van der Waals surface area (Å²) in [4.78, 5) is 49.3. The van der Waals surface area contributed by atoms with Crippen molar-refractivity contribution < 1.29 is 48.7 Å². The van der Waals surface area contributed by atoms with E-state index in [4.69, 9.17) is 25.1 Å². The maximum Gasteiger partial charge on any atom is 0.344 e. The van der Waals surface area contributed by atoms with Gasteiger partial charge < -0.3 is 40.6 Å². The Morgan fingerprint density at radius 1 is 1.25 bits per heavy atom. The van der Waals surface area contributed by atoms with Gasteiger partial charge in [0.25, 0.3) is 0 Å². The molecule has 0 radical (unpaired) electrons. The number of ketones is 1. The predicted octanol–water partition coefficient (Wildman–Crippen LogP) is 0.838. The first-order valence-electron chi connectivity index (χ1n) is 13.4. The molecule has 2 aliphatic carbocycles. The standard InChI is InChI=1S/C28H36N2O10/c1-4-27-22-15-5-6-18(32)23(22)40-24(27)19(7-9-28(27,37)20(12-15)30-3)39-21(33)13-16(11-17(31)8-10-29)26(36)38-14(2)25(34)35/h5-7,14,16,20,24,30,32,37H,4,8-13,29H2,1-3H3,(H,34,35)/t14-,16-,20+,24-,27-,28+/m0/s1. The molecular formula is C28H36N2O10. The monoisotopic (exact) mass is 560 g/mol. The lowest BCUT2D eigenvalue weighted by atomic mass is 9.52. The molecular weight excluding hydrogens is 524 g/mol. The summed E-state index contributed by atoms with van der Waals surface area (Å²) in [5.41, 5.74) is 4.66. The molecule has 1 aliphatic heterocycles. The molecule has 0 fully saturated rings. The molecule has 1 aromatic carbocycles. The van der Waals surface area contributed by atoms with E-state index in [1.54, 1.807) is 19.2 Å². The minimum absolute atomic E-state index is 0.0251. The van der Waals surface area contributed by atoms with Crippen molar-refractivity contribution in [1.29, 1.82) is 0 Å². The smallest absolute Gasteiger partial charge is 0.344 e. The SMILES string of the molecule is CC[C@]12c3c4ccc(O)c3O[C@H]1C(OC(=O)C[C@H](CC(=O)CCN)C(=O)O[C@@H](C)C(=O)O)=CC[C@@]2(O)[C@H](NC)C4. The molecule has 12 heteroatoms. The maximum atomic E-state index is 13.2. The van der Waals surface area contributed by atoms with Crippen molar-refractivity contribution in [3.8, 4) is 11.5 Å². The number of carbonyl (C=O) groups excluding carboxylic acids is 3. The zero-order valence-electron chi connectivity index (χ0n) is 22.8. The molecule has 3 aliphatic rings. The van der Waals surface area contributed by atoms with Crippen molar-refractivity contribution in [3.05, 3.63) is 35.1 Å². The molecule has 1 aromatic rings. The summed E-state index contributed by atoms with van der Waals surface area (Å²) in [5, 5.41) is 35.1. The zero-order valence-corrected chi connectivity index (χ0v) is 22.8. The number of hydrogen-bond acceptors (Lipinski definition) is 11. The van der Waals surface area contributed by atoms with E-state index in [9.17, 15) is 29.4 Å². The van der Waals surface area contributed by atoms with Crippen LogP contribution in [0, 0.1) is 5.92 Å². The number of likely N-dealkylation sites (N-methyl/N-ethyl adjacent to an activating group) is 1. The molecule has 0 amide bonds. The summed E-state index contributed by atoms with van der Waals surface area (Å²) in [5.74, 6) is -4.66. The second kappa shape index (κ2) is 11.2. The molecule has 6 atom stereocenters. The van der Waals surface area contributed by atoms with Crippen molar-refractivity contribution in [2.45, 2.75) is 81.6 Å². The fourth-order valence-electron chi connectivity index (χ4n) is 6.45. The molecule has 0 unspecified atom stereocenters. The highest BCUT2D eigenvalue weighted by molar-refractivity contribution is 5.88. The average Bonchev–Trinajstić information content (AvgIpc) is 3.28. The largest absolute Gasteiger partial charge is 0.504 e. The van der Waals surface area contributed by atoms with Crippen LogP contribution in [0.2, 0.25) is 0 Å². The Labute approximate surface area is 231 Å². The molecule has 1 heterocycles. The number of hydrogen-bond donors (Lipinski definition) is 5. The highest BCUT2D eigenvalue weighted by Crippen LogP contribution is 2.63. The van der Waals surface area contributed by atoms with Crippen LogP contribution in [-0.4, -0.2) is 76.5 Å². The van der Waals surface area contributed by atoms with Gasteiger partial charge in [-0.3, -0.25) is 14.4 Å². The van der Waals surface area contributed by atoms with Gasteiger partial charge in [0.15, 0.2) is 23.7 Å². The Hall–Kier alpha value is -3.48. The van der Waals surface area contributed by atoms with Crippen molar-refractivity contribution in [3.63, 3.8) is 0 Å². The number of nitrogens with two attached hydrogens (primary N) is 1. The summed E-state index contributed by atoms with van der Waals surface area (Å²) in [6, 6.07) is 2.99. The number of esters is 2. The van der Waals surface area contributed by atoms with Crippen LogP contribution in [0.1, 0.15) is 57.1 Å². The van der Waals surface area contributed by atoms with Gasteiger partial charge in [-0.1, -0.05) is 13.0 Å². The highest BCUT2D eigenvalue weighted by Gasteiger charge is 2.69. The molecule has 0 bridgehead atoms. The molecule has 0 saturated heterocycles. The second-order valence-corrected chi connectivity index (χ2v) is 10.6. The number of benzene rings is 1. The van der Waals surface area contributed by atoms with Crippen molar-refractivity contribution >= 4 is 23.7 Å². The quantitative estimate of drug-likeness (QED) is 0.226. The zero-order chi connectivity index (χ0) is 29.4. The Bertz CT molecular complexity index is 1250. The summed E-state index contributed by atoms with van der Waals surface area (Å²) in [7, 11) is 1.76. The molecule has 4 rings (SSSR count). The number of nitrogens with one attached hydrogen (secondary N) is 1. The highest BCUT2D eigenvalue weighted by atomic mass is 16.6. The van der Waals surface area contributed by atoms with Crippen LogP contribution in [-0.2, 0) is 40.5 Å². The summed E-state index contributed by atoms with van der Waals surface area (Å²) in [6.07, 6.45) is -0.769. The topological polar surface area (TPSA) is 195 Å². The van der Waals surface area contributed by atoms with E-state index in [1.165, 1.54) is 6.07 Å². The van der Waals surface area contributed by atoms with Gasteiger partial charge in [0.2, 0.25) is 0 Å². The number of phenols is 1. The van der Waals surface area contributed by atoms with Gasteiger partial charge in [0.1, 0.15) is 11.5 Å². The van der Waals surface area contributed by atoms with Gasteiger partial charge in [-0.25, -0.2) is 4.79 Å². The lowest BCUT2D eigenvalue weighted by Crippen LogP contribution is -2.70. The van der Waals surface area contributed by atoms with Crippen LogP contribution in [0.5, 0.6) is 11.5 Å². The molecule has 40 heavy (non-hydrogen) atoms.